The summed E-state index contributed by atoms with van der Waals surface area (Å²) >= 11 is 6.58. The Kier molecular flexibility index (Phi) is 4.92. The molecule has 0 fully saturated rings. The van der Waals surface area contributed by atoms with Crippen molar-refractivity contribution in [1.82, 2.24) is 0 Å². The lowest BCUT2D eigenvalue weighted by molar-refractivity contribution is -0.123. The Balaban J connectivity index is 2.81. The maximum Gasteiger partial charge on any atom is 0.161 e. The van der Waals surface area contributed by atoms with E-state index in [-0.39, 0.29) is 12.2 Å². The van der Waals surface area contributed by atoms with E-state index in [1.165, 1.54) is 0 Å². The Morgan fingerprint density at radius 2 is 1.80 bits per heavy atom. The van der Waals surface area contributed by atoms with Gasteiger partial charge in [-0.15, -0.1) is 0 Å². The summed E-state index contributed by atoms with van der Waals surface area (Å²) in [4.78, 5) is 10.9. The first-order valence-corrected chi connectivity index (χ1v) is 5.88. The van der Waals surface area contributed by atoms with Gasteiger partial charge in [0.2, 0.25) is 0 Å². The first kappa shape index (κ1) is 12.8. The van der Waals surface area contributed by atoms with E-state index in [1.54, 1.807) is 12.1 Å². The van der Waals surface area contributed by atoms with Crippen molar-refractivity contribution in [2.45, 2.75) is 12.5 Å². The van der Waals surface area contributed by atoms with E-state index in [0.717, 1.165) is 8.95 Å². The third-order valence-electron chi connectivity index (χ3n) is 1.87. The van der Waals surface area contributed by atoms with Gasteiger partial charge in [-0.1, -0.05) is 31.9 Å². The number of rotatable bonds is 4. The van der Waals surface area contributed by atoms with Crippen LogP contribution in [0.5, 0.6) is 0 Å². The van der Waals surface area contributed by atoms with Gasteiger partial charge in [0, 0.05) is 15.4 Å². The van der Waals surface area contributed by atoms with Crippen LogP contribution in [0.1, 0.15) is 18.1 Å². The van der Waals surface area contributed by atoms with Crippen LogP contribution in [0.2, 0.25) is 0 Å². The molecule has 1 aromatic carbocycles. The van der Waals surface area contributed by atoms with Crippen LogP contribution in [-0.2, 0) is 4.79 Å². The van der Waals surface area contributed by atoms with Crippen molar-refractivity contribution in [3.8, 4) is 0 Å². The second-order valence-electron chi connectivity index (χ2n) is 3.12. The van der Waals surface area contributed by atoms with Crippen LogP contribution >= 0.6 is 31.9 Å². The SMILES string of the molecule is O=C(CO)C[C@@H](O)c1cc(Br)cc(Br)c1. The van der Waals surface area contributed by atoms with E-state index in [0.29, 0.717) is 5.56 Å². The summed E-state index contributed by atoms with van der Waals surface area (Å²) in [6.45, 7) is -0.535. The lowest BCUT2D eigenvalue weighted by Gasteiger charge is -2.10. The molecular weight excluding hydrogens is 328 g/mol. The van der Waals surface area contributed by atoms with Gasteiger partial charge in [-0.3, -0.25) is 4.79 Å². The summed E-state index contributed by atoms with van der Waals surface area (Å²) in [5.74, 6) is -0.376. The molecule has 0 amide bonds. The molecule has 1 rings (SSSR count). The van der Waals surface area contributed by atoms with Crippen molar-refractivity contribution >= 4 is 37.6 Å². The predicted octanol–water partition coefficient (Wildman–Crippen LogP) is 2.20. The molecule has 15 heavy (non-hydrogen) atoms. The number of aliphatic hydroxyl groups is 2. The van der Waals surface area contributed by atoms with E-state index in [2.05, 4.69) is 31.9 Å². The van der Waals surface area contributed by atoms with Gasteiger partial charge in [-0.2, -0.15) is 0 Å². The summed E-state index contributed by atoms with van der Waals surface area (Å²) < 4.78 is 1.64. The van der Waals surface area contributed by atoms with Crippen LogP contribution in [0.15, 0.2) is 27.1 Å². The summed E-state index contributed by atoms with van der Waals surface area (Å²) in [5, 5.41) is 18.3. The zero-order valence-corrected chi connectivity index (χ0v) is 11.0. The van der Waals surface area contributed by atoms with Gasteiger partial charge in [0.15, 0.2) is 5.78 Å². The standard InChI is InChI=1S/C10H10Br2O3/c11-7-1-6(2-8(12)3-7)10(15)4-9(14)5-13/h1-3,10,13,15H,4-5H2/t10-/m1/s1. The van der Waals surface area contributed by atoms with Crippen molar-refractivity contribution in [2.24, 2.45) is 0 Å². The molecule has 0 saturated heterocycles. The smallest absolute Gasteiger partial charge is 0.161 e. The van der Waals surface area contributed by atoms with Gasteiger partial charge in [0.1, 0.15) is 6.61 Å². The number of aliphatic hydroxyl groups excluding tert-OH is 2. The Bertz CT molecular complexity index is 345. The fourth-order valence-electron chi connectivity index (χ4n) is 1.17. The van der Waals surface area contributed by atoms with E-state index < -0.39 is 12.7 Å². The fourth-order valence-corrected chi connectivity index (χ4v) is 2.49. The highest BCUT2D eigenvalue weighted by atomic mass is 79.9. The van der Waals surface area contributed by atoms with E-state index in [9.17, 15) is 9.90 Å². The number of Topliss-reactive ketones (excluding diaryl/α,β-unsaturated/α-hetero) is 1. The number of carbonyl (C=O) groups is 1. The maximum absolute atomic E-state index is 10.9. The van der Waals surface area contributed by atoms with Crippen molar-refractivity contribution in [2.75, 3.05) is 6.61 Å². The van der Waals surface area contributed by atoms with Crippen LogP contribution in [0.3, 0.4) is 0 Å². The molecule has 5 heteroatoms. The molecule has 0 bridgehead atoms. The second-order valence-corrected chi connectivity index (χ2v) is 4.95. The zero-order chi connectivity index (χ0) is 11.4. The minimum absolute atomic E-state index is 0.0700. The van der Waals surface area contributed by atoms with Gasteiger partial charge in [-0.25, -0.2) is 0 Å². The molecule has 0 spiro atoms. The molecule has 0 saturated carbocycles. The summed E-state index contributed by atoms with van der Waals surface area (Å²) in [7, 11) is 0. The molecule has 0 aromatic heterocycles. The highest BCUT2D eigenvalue weighted by molar-refractivity contribution is 9.11. The van der Waals surface area contributed by atoms with Gasteiger partial charge in [0.25, 0.3) is 0 Å². The number of halogens is 2. The third kappa shape index (κ3) is 4.03. The summed E-state index contributed by atoms with van der Waals surface area (Å²) in [6.07, 6.45) is -0.946. The van der Waals surface area contributed by atoms with Crippen LogP contribution in [0, 0.1) is 0 Å². The van der Waals surface area contributed by atoms with Crippen molar-refractivity contribution < 1.29 is 15.0 Å². The largest absolute Gasteiger partial charge is 0.389 e. The molecule has 2 N–H and O–H groups in total. The number of hydrogen-bond acceptors (Lipinski definition) is 3. The fraction of sp³-hybridized carbons (Fsp3) is 0.300. The minimum atomic E-state index is -0.876. The Labute approximate surface area is 104 Å². The monoisotopic (exact) mass is 336 g/mol. The number of carbonyl (C=O) groups excluding carboxylic acids is 1. The van der Waals surface area contributed by atoms with Crippen LogP contribution < -0.4 is 0 Å². The van der Waals surface area contributed by atoms with Crippen molar-refractivity contribution in [1.29, 1.82) is 0 Å². The summed E-state index contributed by atoms with van der Waals surface area (Å²) in [5.41, 5.74) is 0.637. The second kappa shape index (κ2) is 5.75. The highest BCUT2D eigenvalue weighted by Gasteiger charge is 2.13. The molecule has 0 heterocycles. The van der Waals surface area contributed by atoms with Crippen LogP contribution in [0.25, 0.3) is 0 Å². The van der Waals surface area contributed by atoms with Gasteiger partial charge < -0.3 is 10.2 Å². The molecule has 1 atom stereocenters. The predicted molar refractivity (Wildman–Crippen MR) is 63.5 cm³/mol. The van der Waals surface area contributed by atoms with E-state index >= 15 is 0 Å². The molecule has 1 aromatic rings. The van der Waals surface area contributed by atoms with Crippen molar-refractivity contribution in [3.05, 3.63) is 32.7 Å². The molecule has 0 unspecified atom stereocenters. The number of benzene rings is 1. The third-order valence-corrected chi connectivity index (χ3v) is 2.78. The Hall–Kier alpha value is -0.230. The first-order valence-electron chi connectivity index (χ1n) is 4.29. The Morgan fingerprint density at radius 1 is 1.27 bits per heavy atom. The average Bonchev–Trinajstić information content (AvgIpc) is 2.16. The van der Waals surface area contributed by atoms with Gasteiger partial charge in [-0.05, 0) is 23.8 Å². The number of hydrogen-bond donors (Lipinski definition) is 2. The van der Waals surface area contributed by atoms with E-state index in [4.69, 9.17) is 5.11 Å². The minimum Gasteiger partial charge on any atom is -0.389 e. The summed E-state index contributed by atoms with van der Waals surface area (Å²) in [6, 6.07) is 5.31. The van der Waals surface area contributed by atoms with E-state index in [1.807, 2.05) is 6.07 Å². The molecule has 0 radical (unpaired) electrons. The van der Waals surface area contributed by atoms with Crippen LogP contribution in [0.4, 0.5) is 0 Å². The van der Waals surface area contributed by atoms with Crippen molar-refractivity contribution in [3.63, 3.8) is 0 Å². The van der Waals surface area contributed by atoms with Gasteiger partial charge >= 0.3 is 0 Å². The molecule has 3 nitrogen and oxygen atoms in total. The highest BCUT2D eigenvalue weighted by Crippen LogP contribution is 2.25. The topological polar surface area (TPSA) is 57.5 Å². The molecular formula is C10H10Br2O3. The Morgan fingerprint density at radius 3 is 2.27 bits per heavy atom. The van der Waals surface area contributed by atoms with Crippen LogP contribution in [-0.4, -0.2) is 22.6 Å². The molecule has 82 valence electrons. The average molecular weight is 338 g/mol. The normalized spacial score (nSPS) is 12.5. The molecule has 0 aliphatic rings. The lowest BCUT2D eigenvalue weighted by atomic mass is 10.0. The molecule has 0 aliphatic carbocycles. The first-order chi connectivity index (χ1) is 7.02. The van der Waals surface area contributed by atoms with Gasteiger partial charge in [0.05, 0.1) is 6.10 Å². The maximum atomic E-state index is 10.9. The quantitative estimate of drug-likeness (QED) is 0.885. The molecule has 0 aliphatic heterocycles. The number of ketones is 1. The lowest BCUT2D eigenvalue weighted by Crippen LogP contribution is -2.10. The zero-order valence-electron chi connectivity index (χ0n) is 7.78.